The van der Waals surface area contributed by atoms with Crippen LogP contribution >= 0.6 is 32.3 Å². The molecule has 0 saturated heterocycles. The van der Waals surface area contributed by atoms with E-state index in [1.54, 1.807) is 32.2 Å². The van der Waals surface area contributed by atoms with Gasteiger partial charge in [-0.3, -0.25) is 0 Å². The second kappa shape index (κ2) is 8.16. The predicted molar refractivity (Wildman–Crippen MR) is 110 cm³/mol. The zero-order valence-corrected chi connectivity index (χ0v) is 17.7. The maximum Gasteiger partial charge on any atom is 0.316 e. The lowest BCUT2D eigenvalue weighted by Crippen LogP contribution is -2.12. The second-order valence-electron chi connectivity index (χ2n) is 5.82. The molecule has 0 bridgehead atoms. The van der Waals surface area contributed by atoms with E-state index in [2.05, 4.69) is 19.7 Å². The second-order valence-corrected chi connectivity index (χ2v) is 8.37. The quantitative estimate of drug-likeness (QED) is 0.327. The number of aromatic nitrogens is 4. The summed E-state index contributed by atoms with van der Waals surface area (Å²) in [6.07, 6.45) is 0.525. The number of hydrogen-bond acceptors (Lipinski definition) is 4. The zero-order valence-electron chi connectivity index (χ0n) is 14.8. The van der Waals surface area contributed by atoms with Crippen LogP contribution in [0.5, 0.6) is 5.88 Å². The highest BCUT2D eigenvalue weighted by Gasteiger charge is 2.33. The summed E-state index contributed by atoms with van der Waals surface area (Å²) < 4.78 is 50.1. The van der Waals surface area contributed by atoms with Crippen LogP contribution < -0.4 is 4.74 Å². The lowest BCUT2D eigenvalue weighted by Gasteiger charge is -2.16. The van der Waals surface area contributed by atoms with Crippen LogP contribution in [0.25, 0.3) is 11.4 Å². The van der Waals surface area contributed by atoms with E-state index in [0.717, 1.165) is 6.07 Å². The van der Waals surface area contributed by atoms with Crippen LogP contribution in [0.1, 0.15) is 24.4 Å². The molecule has 0 aliphatic carbocycles. The van der Waals surface area contributed by atoms with Gasteiger partial charge in [-0.15, -0.1) is 10.2 Å². The van der Waals surface area contributed by atoms with E-state index < -0.39 is 36.6 Å². The molecule has 3 aromatic rings. The Kier molecular flexibility index (Phi) is 6.04. The molecule has 2 heterocycles. The summed E-state index contributed by atoms with van der Waals surface area (Å²) in [6.45, 7) is 1.63. The smallest absolute Gasteiger partial charge is 0.316 e. The summed E-state index contributed by atoms with van der Waals surface area (Å²) in [5.74, 6) is -0.377. The van der Waals surface area contributed by atoms with Crippen molar-refractivity contribution in [2.75, 3.05) is 0 Å². The van der Waals surface area contributed by atoms with Crippen molar-refractivity contribution in [3.63, 3.8) is 0 Å². The molecule has 148 valence electrons. The van der Waals surface area contributed by atoms with E-state index in [-0.39, 0.29) is 27.9 Å². The molecule has 1 atom stereocenters. The molecule has 10 heteroatoms. The van der Waals surface area contributed by atoms with Crippen LogP contribution in [0.2, 0.25) is 5.02 Å². The Morgan fingerprint density at radius 1 is 1.29 bits per heavy atom. The first kappa shape index (κ1) is 20.7. The standard InChI is InChI=1S/C18H15ClF3IN4O/c1-10(28-17-14(20)8-11(19)9-24-17)15-25-26-16(27(15)3)12-6-4-5-7-13(12)18(21,22)23-2/h4-10H,2H2,1,3H3/t10-/m0/s1. The average molecular weight is 523 g/mol. The molecule has 0 N–H and O–H groups in total. The van der Waals surface area contributed by atoms with Crippen molar-refractivity contribution in [2.45, 2.75) is 17.0 Å². The summed E-state index contributed by atoms with van der Waals surface area (Å²) in [7, 11) is 1.63. The van der Waals surface area contributed by atoms with Gasteiger partial charge in [0.2, 0.25) is 0 Å². The normalized spacial score (nSPS) is 12.8. The van der Waals surface area contributed by atoms with Gasteiger partial charge < -0.3 is 9.30 Å². The number of alkyl halides is 3. The molecular formula is C18H15ClF3IN4O. The van der Waals surface area contributed by atoms with E-state index in [1.807, 2.05) is 0 Å². The van der Waals surface area contributed by atoms with Gasteiger partial charge in [-0.05, 0) is 33.7 Å². The Hall–Kier alpha value is -2.01. The van der Waals surface area contributed by atoms with E-state index in [0.29, 0.717) is 5.82 Å². The number of hydrogen-bond donors (Lipinski definition) is 0. The highest BCUT2D eigenvalue weighted by atomic mass is 127. The van der Waals surface area contributed by atoms with Gasteiger partial charge in [-0.25, -0.2) is 9.37 Å². The summed E-state index contributed by atoms with van der Waals surface area (Å²) in [5.41, 5.74) is 0.124. The Morgan fingerprint density at radius 3 is 2.68 bits per heavy atom. The average Bonchev–Trinajstić information content (AvgIpc) is 3.05. The fourth-order valence-electron chi connectivity index (χ4n) is 2.64. The van der Waals surface area contributed by atoms with Crippen molar-refractivity contribution in [2.24, 2.45) is 7.05 Å². The molecule has 28 heavy (non-hydrogen) atoms. The van der Waals surface area contributed by atoms with Gasteiger partial charge in [0.25, 0.3) is 5.88 Å². The van der Waals surface area contributed by atoms with Crippen LogP contribution in [-0.2, 0) is 11.0 Å². The summed E-state index contributed by atoms with van der Waals surface area (Å²) >= 11 is 4.07. The largest absolute Gasteiger partial charge is 0.464 e. The molecule has 0 saturated carbocycles. The number of pyridine rings is 1. The predicted octanol–water partition coefficient (Wildman–Crippen LogP) is 5.26. The van der Waals surface area contributed by atoms with Crippen LogP contribution in [0.3, 0.4) is 0 Å². The van der Waals surface area contributed by atoms with Crippen molar-refractivity contribution in [3.05, 3.63) is 58.8 Å². The first-order valence-electron chi connectivity index (χ1n) is 7.98. The Labute approximate surface area is 174 Å². The first-order chi connectivity index (χ1) is 13.2. The Bertz CT molecular complexity index is 1030. The van der Waals surface area contributed by atoms with Crippen molar-refractivity contribution >= 4 is 36.8 Å². The van der Waals surface area contributed by atoms with Gasteiger partial charge >= 0.3 is 3.93 Å². The van der Waals surface area contributed by atoms with Gasteiger partial charge in [-0.2, -0.15) is 8.78 Å². The van der Waals surface area contributed by atoms with E-state index in [4.69, 9.17) is 16.3 Å². The lowest BCUT2D eigenvalue weighted by atomic mass is 10.1. The van der Waals surface area contributed by atoms with Gasteiger partial charge in [0.1, 0.15) is 0 Å². The molecule has 0 aliphatic heterocycles. The third kappa shape index (κ3) is 4.04. The maximum absolute atomic E-state index is 14.3. The van der Waals surface area contributed by atoms with Gasteiger partial charge in [0, 0.05) is 24.4 Å². The third-order valence-corrected chi connectivity index (χ3v) is 5.72. The monoisotopic (exact) mass is 522 g/mol. The minimum absolute atomic E-state index is 0.140. The topological polar surface area (TPSA) is 52.8 Å². The summed E-state index contributed by atoms with van der Waals surface area (Å²) in [4.78, 5) is 3.81. The number of rotatable bonds is 6. The van der Waals surface area contributed by atoms with Crippen molar-refractivity contribution in [3.8, 4) is 17.3 Å². The fourth-order valence-corrected chi connectivity index (χ4v) is 3.66. The van der Waals surface area contributed by atoms with Crippen LogP contribution in [0.15, 0.2) is 36.5 Å². The van der Waals surface area contributed by atoms with Crippen molar-refractivity contribution < 1.29 is 17.9 Å². The summed E-state index contributed by atoms with van der Waals surface area (Å²) in [5, 5.41) is 8.24. The Morgan fingerprint density at radius 2 is 2.00 bits per heavy atom. The molecule has 2 aromatic heterocycles. The van der Waals surface area contributed by atoms with Gasteiger partial charge in [0.15, 0.2) is 23.6 Å². The molecule has 0 radical (unpaired) electrons. The van der Waals surface area contributed by atoms with E-state index in [9.17, 15) is 13.2 Å². The highest BCUT2D eigenvalue weighted by Crippen LogP contribution is 2.43. The van der Waals surface area contributed by atoms with Crippen molar-refractivity contribution in [1.82, 2.24) is 19.7 Å². The maximum atomic E-state index is 14.3. The molecule has 3 rings (SSSR count). The molecule has 0 spiro atoms. The molecule has 1 aromatic carbocycles. The summed E-state index contributed by atoms with van der Waals surface area (Å²) in [6, 6.07) is 7.20. The molecule has 0 fully saturated rings. The van der Waals surface area contributed by atoms with Crippen molar-refractivity contribution in [1.29, 1.82) is 0 Å². The minimum atomic E-state index is -3.00. The highest BCUT2D eigenvalue weighted by molar-refractivity contribution is 14.2. The number of nitrogens with zero attached hydrogens (tertiary/aromatic N) is 4. The lowest BCUT2D eigenvalue weighted by molar-refractivity contribution is 0.128. The number of ether oxygens (including phenoxy) is 1. The number of benzene rings is 1. The fraction of sp³-hybridized carbons (Fsp3) is 0.222. The molecular weight excluding hydrogens is 508 g/mol. The van der Waals surface area contributed by atoms with Crippen LogP contribution in [-0.4, -0.2) is 24.3 Å². The third-order valence-electron chi connectivity index (χ3n) is 3.98. The zero-order chi connectivity index (χ0) is 20.5. The van der Waals surface area contributed by atoms with Gasteiger partial charge in [0.05, 0.1) is 5.02 Å². The SMILES string of the molecule is C=IC(F)(F)c1ccccc1-c1nnc([C@H](C)Oc2ncc(Cl)cc2F)n1C. The molecule has 5 nitrogen and oxygen atoms in total. The first-order valence-corrected chi connectivity index (χ1v) is 11.0. The van der Waals surface area contributed by atoms with Crippen LogP contribution in [0, 0.1) is 5.82 Å². The number of halogens is 5. The Balaban J connectivity index is 1.96. The van der Waals surface area contributed by atoms with E-state index in [1.165, 1.54) is 16.8 Å². The molecule has 0 aliphatic rings. The molecule has 0 unspecified atom stereocenters. The van der Waals surface area contributed by atoms with Gasteiger partial charge in [-0.1, -0.05) is 40.4 Å². The van der Waals surface area contributed by atoms with E-state index >= 15 is 0 Å². The minimum Gasteiger partial charge on any atom is -0.464 e. The molecule has 0 amide bonds. The van der Waals surface area contributed by atoms with Crippen LogP contribution in [0.4, 0.5) is 13.2 Å².